The lowest BCUT2D eigenvalue weighted by Crippen LogP contribution is -2.09. The number of ketones is 1. The second-order valence-electron chi connectivity index (χ2n) is 8.83. The summed E-state index contributed by atoms with van der Waals surface area (Å²) in [7, 11) is 0. The van der Waals surface area contributed by atoms with Crippen LogP contribution in [0.5, 0.6) is 0 Å². The van der Waals surface area contributed by atoms with Crippen molar-refractivity contribution in [2.75, 3.05) is 0 Å². The zero-order chi connectivity index (χ0) is 25.1. The van der Waals surface area contributed by atoms with Gasteiger partial charge in [-0.1, -0.05) is 59.1 Å². The van der Waals surface area contributed by atoms with Crippen LogP contribution in [0.1, 0.15) is 38.5 Å². The number of pyridine rings is 1. The molecule has 5 aromatic rings. The first kappa shape index (κ1) is 24.5. The summed E-state index contributed by atoms with van der Waals surface area (Å²) in [6.45, 7) is 0. The first-order valence-corrected chi connectivity index (χ1v) is 12.8. The van der Waals surface area contributed by atoms with Gasteiger partial charge in [0.15, 0.2) is 5.78 Å². The molecule has 1 heterocycles. The summed E-state index contributed by atoms with van der Waals surface area (Å²) in [5, 5.41) is 2.99. The smallest absolute Gasteiger partial charge is 0.193 e. The number of hydrogen-bond acceptors (Lipinski definition) is 2. The van der Waals surface area contributed by atoms with Crippen molar-refractivity contribution >= 4 is 51.5 Å². The zero-order valence-electron chi connectivity index (χ0n) is 19.3. The van der Waals surface area contributed by atoms with Crippen molar-refractivity contribution in [1.29, 1.82) is 0 Å². The van der Waals surface area contributed by atoms with Crippen molar-refractivity contribution in [3.05, 3.63) is 146 Å². The molecule has 0 saturated heterocycles. The topological polar surface area (TPSA) is 30.0 Å². The summed E-state index contributed by atoms with van der Waals surface area (Å²) in [6.07, 6.45) is 3.39. The van der Waals surface area contributed by atoms with E-state index in [9.17, 15) is 4.79 Å². The van der Waals surface area contributed by atoms with E-state index in [0.29, 0.717) is 26.2 Å². The molecule has 0 aliphatic rings. The van der Waals surface area contributed by atoms with E-state index >= 15 is 0 Å². The Balaban J connectivity index is 1.59. The third-order valence-electron chi connectivity index (χ3n) is 6.33. The van der Waals surface area contributed by atoms with Gasteiger partial charge in [-0.25, -0.2) is 0 Å². The predicted octanol–water partition coefficient (Wildman–Crippen LogP) is 8.99. The molecule has 5 rings (SSSR count). The van der Waals surface area contributed by atoms with Crippen LogP contribution in [0.3, 0.4) is 0 Å². The molecule has 2 nitrogen and oxygen atoms in total. The number of aromatic nitrogens is 1. The van der Waals surface area contributed by atoms with E-state index in [1.54, 1.807) is 24.3 Å². The molecule has 0 saturated carbocycles. The normalized spacial score (nSPS) is 11.2. The van der Waals surface area contributed by atoms with Gasteiger partial charge in [-0.3, -0.25) is 9.78 Å². The van der Waals surface area contributed by atoms with Gasteiger partial charge in [0.1, 0.15) is 0 Å². The number of benzene rings is 4. The third-order valence-corrected chi connectivity index (χ3v) is 7.05. The van der Waals surface area contributed by atoms with Crippen molar-refractivity contribution in [3.8, 4) is 0 Å². The van der Waals surface area contributed by atoms with Gasteiger partial charge in [0.2, 0.25) is 0 Å². The van der Waals surface area contributed by atoms with Crippen LogP contribution >= 0.6 is 34.8 Å². The van der Waals surface area contributed by atoms with Crippen LogP contribution in [0.25, 0.3) is 10.9 Å². The minimum Gasteiger partial charge on any atom is -0.289 e. The number of fused-ring (bicyclic) bond motifs is 1. The SMILES string of the molecule is O=C(c1ccc(Cl)cc1)c1ccc2nccc(C(Cc3cccc(Cl)c3)Cc3cccc(Cl)c3)c2c1. The van der Waals surface area contributed by atoms with E-state index in [2.05, 4.69) is 23.2 Å². The standard InChI is InChI=1S/C31H22Cl3NO/c32-25-10-7-22(8-11-25)31(36)23-9-12-30-29(19-23)28(13-14-35-30)24(15-20-3-1-5-26(33)17-20)16-21-4-2-6-27(34)18-21/h1-14,17-19,24H,15-16H2. The predicted molar refractivity (Wildman–Crippen MR) is 150 cm³/mol. The van der Waals surface area contributed by atoms with Gasteiger partial charge in [-0.15, -0.1) is 0 Å². The van der Waals surface area contributed by atoms with Gasteiger partial charge in [0, 0.05) is 37.8 Å². The quantitative estimate of drug-likeness (QED) is 0.196. The molecule has 0 unspecified atom stereocenters. The maximum atomic E-state index is 13.2. The van der Waals surface area contributed by atoms with E-state index < -0.39 is 0 Å². The molecule has 0 N–H and O–H groups in total. The van der Waals surface area contributed by atoms with E-state index in [0.717, 1.165) is 40.4 Å². The molecule has 0 fully saturated rings. The number of carbonyl (C=O) groups is 1. The highest BCUT2D eigenvalue weighted by molar-refractivity contribution is 6.31. The lowest BCUT2D eigenvalue weighted by molar-refractivity contribution is 0.103. The Morgan fingerprint density at radius 2 is 1.28 bits per heavy atom. The largest absolute Gasteiger partial charge is 0.289 e. The Morgan fingerprint density at radius 3 is 1.89 bits per heavy atom. The molecule has 4 aromatic carbocycles. The minimum atomic E-state index is -0.0513. The Bertz CT molecular complexity index is 1500. The van der Waals surface area contributed by atoms with Crippen molar-refractivity contribution in [1.82, 2.24) is 4.98 Å². The fourth-order valence-corrected chi connectivity index (χ4v) is 5.17. The van der Waals surface area contributed by atoms with Crippen LogP contribution in [0.15, 0.2) is 103 Å². The van der Waals surface area contributed by atoms with Crippen LogP contribution in [0.2, 0.25) is 15.1 Å². The molecule has 0 aliphatic carbocycles. The van der Waals surface area contributed by atoms with Crippen LogP contribution in [-0.4, -0.2) is 10.8 Å². The number of nitrogens with zero attached hydrogens (tertiary/aromatic N) is 1. The summed E-state index contributed by atoms with van der Waals surface area (Å²) in [6, 6.07) is 30.6. The molecular weight excluding hydrogens is 509 g/mol. The van der Waals surface area contributed by atoms with E-state index in [1.165, 1.54) is 0 Å². The number of halogens is 3. The highest BCUT2D eigenvalue weighted by Gasteiger charge is 2.19. The molecule has 0 spiro atoms. The zero-order valence-corrected chi connectivity index (χ0v) is 21.6. The third kappa shape index (κ3) is 5.63. The van der Waals surface area contributed by atoms with Crippen LogP contribution < -0.4 is 0 Å². The van der Waals surface area contributed by atoms with Gasteiger partial charge in [0.25, 0.3) is 0 Å². The van der Waals surface area contributed by atoms with Crippen molar-refractivity contribution in [2.24, 2.45) is 0 Å². The summed E-state index contributed by atoms with van der Waals surface area (Å²) in [4.78, 5) is 17.8. The number of rotatable bonds is 7. The van der Waals surface area contributed by atoms with Gasteiger partial charge in [0.05, 0.1) is 5.52 Å². The fraction of sp³-hybridized carbons (Fsp3) is 0.0968. The lowest BCUT2D eigenvalue weighted by atomic mass is 9.84. The molecule has 0 atom stereocenters. The highest BCUT2D eigenvalue weighted by atomic mass is 35.5. The Kier molecular flexibility index (Phi) is 7.38. The Labute approximate surface area is 225 Å². The second-order valence-corrected chi connectivity index (χ2v) is 10.1. The van der Waals surface area contributed by atoms with Crippen molar-refractivity contribution in [3.63, 3.8) is 0 Å². The second kappa shape index (κ2) is 10.8. The fourth-order valence-electron chi connectivity index (χ4n) is 4.62. The van der Waals surface area contributed by atoms with Crippen molar-refractivity contribution in [2.45, 2.75) is 18.8 Å². The Hall–Kier alpha value is -3.17. The van der Waals surface area contributed by atoms with Gasteiger partial charge in [-0.05, 0) is 108 Å². The molecule has 0 amide bonds. The van der Waals surface area contributed by atoms with Crippen molar-refractivity contribution < 1.29 is 4.79 Å². The lowest BCUT2D eigenvalue weighted by Gasteiger charge is -2.20. The summed E-state index contributed by atoms with van der Waals surface area (Å²) in [5.74, 6) is 0.0675. The molecule has 5 heteroatoms. The minimum absolute atomic E-state index is 0.0513. The first-order chi connectivity index (χ1) is 17.5. The maximum absolute atomic E-state index is 13.2. The summed E-state index contributed by atoms with van der Waals surface area (Å²) >= 11 is 18.6. The number of hydrogen-bond donors (Lipinski definition) is 0. The first-order valence-electron chi connectivity index (χ1n) is 11.6. The average molecular weight is 531 g/mol. The van der Waals surface area contributed by atoms with E-state index in [4.69, 9.17) is 34.8 Å². The molecule has 0 radical (unpaired) electrons. The maximum Gasteiger partial charge on any atom is 0.193 e. The van der Waals surface area contributed by atoms with E-state index in [-0.39, 0.29) is 11.7 Å². The molecule has 178 valence electrons. The molecule has 1 aromatic heterocycles. The van der Waals surface area contributed by atoms with Gasteiger partial charge >= 0.3 is 0 Å². The van der Waals surface area contributed by atoms with Crippen LogP contribution in [0.4, 0.5) is 0 Å². The molecular formula is C31H22Cl3NO. The van der Waals surface area contributed by atoms with Gasteiger partial charge in [-0.2, -0.15) is 0 Å². The van der Waals surface area contributed by atoms with E-state index in [1.807, 2.05) is 60.8 Å². The molecule has 0 bridgehead atoms. The summed E-state index contributed by atoms with van der Waals surface area (Å²) in [5.41, 5.74) is 5.48. The van der Waals surface area contributed by atoms with Crippen LogP contribution in [-0.2, 0) is 12.8 Å². The summed E-state index contributed by atoms with van der Waals surface area (Å²) < 4.78 is 0. The number of carbonyl (C=O) groups excluding carboxylic acids is 1. The molecule has 0 aliphatic heterocycles. The Morgan fingerprint density at radius 1 is 0.667 bits per heavy atom. The van der Waals surface area contributed by atoms with Crippen LogP contribution in [0, 0.1) is 0 Å². The van der Waals surface area contributed by atoms with Gasteiger partial charge < -0.3 is 0 Å². The highest BCUT2D eigenvalue weighted by Crippen LogP contribution is 2.32. The average Bonchev–Trinajstić information content (AvgIpc) is 2.88. The molecule has 36 heavy (non-hydrogen) atoms. The monoisotopic (exact) mass is 529 g/mol.